The van der Waals surface area contributed by atoms with Crippen LogP contribution in [0.25, 0.3) is 0 Å². The summed E-state index contributed by atoms with van der Waals surface area (Å²) in [4.78, 5) is 51.5. The lowest BCUT2D eigenvalue weighted by Gasteiger charge is -2.37. The molecule has 0 rings (SSSR count). The van der Waals surface area contributed by atoms with Crippen LogP contribution in [0, 0.1) is 5.41 Å². The van der Waals surface area contributed by atoms with Crippen LogP contribution in [0.15, 0.2) is 0 Å². The summed E-state index contributed by atoms with van der Waals surface area (Å²) in [6.45, 7) is -8.92. The van der Waals surface area contributed by atoms with E-state index >= 15 is 0 Å². The van der Waals surface area contributed by atoms with Crippen molar-refractivity contribution < 1.29 is 121 Å². The molecule has 0 radical (unpaired) electrons. The van der Waals surface area contributed by atoms with Crippen molar-refractivity contribution in [3.05, 3.63) is 0 Å². The van der Waals surface area contributed by atoms with E-state index in [1.54, 1.807) is 0 Å². The predicted molar refractivity (Wildman–Crippen MR) is 179 cm³/mol. The number of rotatable bonds is 28. The van der Waals surface area contributed by atoms with Gasteiger partial charge in [0.2, 0.25) is 0 Å². The molecule has 0 unspecified atom stereocenters. The summed E-state index contributed by atoms with van der Waals surface area (Å²) in [5, 5.41) is 204. The second kappa shape index (κ2) is 25.5. The maximum Gasteiger partial charge on any atom is 0.251 e. The molecule has 0 aliphatic heterocycles. The Bertz CT molecular complexity index is 1040. The Morgan fingerprint density at radius 1 is 0.316 bits per heavy atom. The van der Waals surface area contributed by atoms with E-state index < -0.39 is 179 Å². The first-order chi connectivity index (χ1) is 26.4. The van der Waals surface area contributed by atoms with Crippen LogP contribution in [-0.2, 0) is 19.2 Å². The smallest absolute Gasteiger partial charge is 0.251 e. The average Bonchev–Trinajstić information content (AvgIpc) is 3.23. The molecule has 0 aliphatic carbocycles. The molecule has 0 saturated heterocycles. The summed E-state index contributed by atoms with van der Waals surface area (Å²) in [5.74, 6) is -6.48. The number of hydrogen-bond donors (Lipinski definition) is 24. The van der Waals surface area contributed by atoms with Crippen LogP contribution in [0.4, 0.5) is 0 Å². The highest BCUT2D eigenvalue weighted by molar-refractivity contribution is 5.83. The predicted octanol–water partition coefficient (Wildman–Crippen LogP) is -15.8. The molecule has 0 aromatic heterocycles. The number of carbonyl (C=O) groups is 4. The molecule has 0 fully saturated rings. The minimum atomic E-state index is -2.64. The highest BCUT2D eigenvalue weighted by Crippen LogP contribution is 2.17. The molecule has 28 heteroatoms. The van der Waals surface area contributed by atoms with Gasteiger partial charge in [-0.2, -0.15) is 0 Å². The summed E-state index contributed by atoms with van der Waals surface area (Å²) >= 11 is 0. The summed E-state index contributed by atoms with van der Waals surface area (Å²) in [6.07, 6.45) is -38.3. The van der Waals surface area contributed by atoms with Crippen molar-refractivity contribution in [1.82, 2.24) is 21.3 Å². The van der Waals surface area contributed by atoms with Gasteiger partial charge in [0.05, 0.1) is 26.4 Å². The second-order valence-electron chi connectivity index (χ2n) is 13.1. The van der Waals surface area contributed by atoms with E-state index in [-0.39, 0.29) is 0 Å². The summed E-state index contributed by atoms with van der Waals surface area (Å²) in [6, 6.07) is 0. The number of aliphatic hydroxyl groups excluding tert-OH is 20. The Balaban J connectivity index is 6.91. The molecule has 0 saturated carbocycles. The van der Waals surface area contributed by atoms with Gasteiger partial charge in [-0.1, -0.05) is 0 Å². The third kappa shape index (κ3) is 16.0. The normalized spacial score (nSPS) is 20.7. The maximum absolute atomic E-state index is 12.9. The zero-order valence-corrected chi connectivity index (χ0v) is 30.0. The Kier molecular flexibility index (Phi) is 24.2. The van der Waals surface area contributed by atoms with Crippen LogP contribution in [0.2, 0.25) is 0 Å². The molecular formula is C29H56N4O24. The minimum absolute atomic E-state index is 1.07. The fraction of sp³-hybridized carbons (Fsp3) is 0.862. The molecule has 0 spiro atoms. The second-order valence-corrected chi connectivity index (χ2v) is 13.1. The number of carbonyl (C=O) groups excluding carboxylic acids is 4. The monoisotopic (exact) mass is 844 g/mol. The lowest BCUT2D eigenvalue weighted by molar-refractivity contribution is -0.150. The topological polar surface area (TPSA) is 521 Å². The molecule has 0 aromatic carbocycles. The summed E-state index contributed by atoms with van der Waals surface area (Å²) in [7, 11) is 0. The van der Waals surface area contributed by atoms with Crippen molar-refractivity contribution in [2.24, 2.45) is 5.41 Å². The number of amides is 4. The summed E-state index contributed by atoms with van der Waals surface area (Å²) < 4.78 is 0. The van der Waals surface area contributed by atoms with Crippen molar-refractivity contribution in [3.63, 3.8) is 0 Å². The minimum Gasteiger partial charge on any atom is -0.394 e. The van der Waals surface area contributed by atoms with Crippen LogP contribution in [0.3, 0.4) is 0 Å². The fourth-order valence-electron chi connectivity index (χ4n) is 4.60. The van der Waals surface area contributed by atoms with Crippen molar-refractivity contribution in [1.29, 1.82) is 0 Å². The Morgan fingerprint density at radius 2 is 0.474 bits per heavy atom. The number of aliphatic hydroxyl groups is 20. The van der Waals surface area contributed by atoms with Gasteiger partial charge in [-0.25, -0.2) is 0 Å². The number of hydrogen-bond acceptors (Lipinski definition) is 24. The molecule has 0 heterocycles. The third-order valence-corrected chi connectivity index (χ3v) is 8.64. The first-order valence-corrected chi connectivity index (χ1v) is 16.8. The van der Waals surface area contributed by atoms with Gasteiger partial charge in [0.25, 0.3) is 23.6 Å². The standard InChI is InChI=1S/C29H56N4O24/c34-1-9(38)13(42)17(46)21(50)25(54)30-5-29(6-31-26(55)22(51)18(47)14(43)10(39)2-35,7-32-27(56)23(52)19(48)15(44)11(40)3-36)8-33-28(57)24(53)20(49)16(45)12(41)4-37/h9-24,34-53H,1-8H2,(H,30,54)(H,31,55)(H,32,56)(H,33,57)/t9-,10-,11-,12-,13-,14-,15-,16-,17+,18+,19+,20+,21-,22-,23-,24-/m1/s1. The molecule has 16 atom stereocenters. The molecule has 0 aromatic rings. The van der Waals surface area contributed by atoms with Gasteiger partial charge < -0.3 is 123 Å². The first kappa shape index (κ1) is 54.1. The van der Waals surface area contributed by atoms with Crippen LogP contribution >= 0.6 is 0 Å². The lowest BCUT2D eigenvalue weighted by Crippen LogP contribution is -2.62. The van der Waals surface area contributed by atoms with E-state index in [1.807, 2.05) is 21.3 Å². The number of nitrogens with one attached hydrogen (secondary N) is 4. The van der Waals surface area contributed by atoms with Gasteiger partial charge >= 0.3 is 0 Å². The van der Waals surface area contributed by atoms with Crippen LogP contribution < -0.4 is 21.3 Å². The third-order valence-electron chi connectivity index (χ3n) is 8.64. The van der Waals surface area contributed by atoms with E-state index in [0.717, 1.165) is 0 Å². The molecular weight excluding hydrogens is 788 g/mol. The van der Waals surface area contributed by atoms with Crippen molar-refractivity contribution in [2.75, 3.05) is 52.6 Å². The molecule has 336 valence electrons. The van der Waals surface area contributed by atoms with E-state index in [1.165, 1.54) is 0 Å². The molecule has 0 bridgehead atoms. The molecule has 24 N–H and O–H groups in total. The molecule has 57 heavy (non-hydrogen) atoms. The van der Waals surface area contributed by atoms with E-state index in [9.17, 15) is 101 Å². The first-order valence-electron chi connectivity index (χ1n) is 16.8. The maximum atomic E-state index is 12.9. The Hall–Kier alpha value is -2.92. The average molecular weight is 845 g/mol. The van der Waals surface area contributed by atoms with E-state index in [4.69, 9.17) is 20.4 Å². The van der Waals surface area contributed by atoms with Crippen molar-refractivity contribution >= 4 is 23.6 Å². The van der Waals surface area contributed by atoms with Gasteiger partial charge in [-0.3, -0.25) is 19.2 Å². The largest absolute Gasteiger partial charge is 0.394 e. The fourth-order valence-corrected chi connectivity index (χ4v) is 4.60. The SMILES string of the molecule is O=C(NCC(CNC(=O)[C@H](O)[C@@H](O)[C@H](O)[C@H](O)CO)(CNC(=O)[C@H](O)[C@@H](O)[C@H](O)[C@H](O)CO)CNC(=O)[C@H](O)[C@@H](O)[C@H](O)[C@H](O)CO)[C@H](O)[C@@H](O)[C@H](O)[C@H](O)CO. The molecule has 28 nitrogen and oxygen atoms in total. The Morgan fingerprint density at radius 3 is 0.614 bits per heavy atom. The highest BCUT2D eigenvalue weighted by atomic mass is 16.4. The van der Waals surface area contributed by atoms with Crippen molar-refractivity contribution in [2.45, 2.75) is 97.7 Å². The van der Waals surface area contributed by atoms with Gasteiger partial charge in [-0.15, -0.1) is 0 Å². The van der Waals surface area contributed by atoms with Crippen LogP contribution in [0.1, 0.15) is 0 Å². The van der Waals surface area contributed by atoms with Gasteiger partial charge in [0, 0.05) is 31.6 Å². The quantitative estimate of drug-likeness (QED) is 0.0348. The zero-order valence-electron chi connectivity index (χ0n) is 30.0. The Labute approximate surface area is 322 Å². The van der Waals surface area contributed by atoms with Gasteiger partial charge in [0.15, 0.2) is 24.4 Å². The molecule has 0 aliphatic rings. The lowest BCUT2D eigenvalue weighted by atomic mass is 9.86. The van der Waals surface area contributed by atoms with E-state index in [0.29, 0.717) is 0 Å². The zero-order chi connectivity index (χ0) is 44.5. The van der Waals surface area contributed by atoms with Crippen LogP contribution in [-0.4, -0.2) is 276 Å². The highest BCUT2D eigenvalue weighted by Gasteiger charge is 2.42. The van der Waals surface area contributed by atoms with Gasteiger partial charge in [-0.05, 0) is 0 Å². The summed E-state index contributed by atoms with van der Waals surface area (Å²) in [5.41, 5.74) is -2.26. The van der Waals surface area contributed by atoms with Gasteiger partial charge in [0.1, 0.15) is 73.2 Å². The van der Waals surface area contributed by atoms with Crippen LogP contribution in [0.5, 0.6) is 0 Å². The molecule has 4 amide bonds. The van der Waals surface area contributed by atoms with E-state index in [2.05, 4.69) is 0 Å². The van der Waals surface area contributed by atoms with Crippen molar-refractivity contribution in [3.8, 4) is 0 Å².